The van der Waals surface area contributed by atoms with Gasteiger partial charge in [0.15, 0.2) is 16.3 Å². The second kappa shape index (κ2) is 14.2. The summed E-state index contributed by atoms with van der Waals surface area (Å²) in [6.45, 7) is 3.01. The van der Waals surface area contributed by atoms with E-state index in [1.54, 1.807) is 18.8 Å². The number of aryl methyl sites for hydroxylation is 3. The van der Waals surface area contributed by atoms with Gasteiger partial charge in [-0.1, -0.05) is 107 Å². The number of aromatic nitrogens is 4. The number of benzene rings is 1. The topological polar surface area (TPSA) is 72.7 Å². The lowest BCUT2D eigenvalue weighted by molar-refractivity contribution is 0.527. The number of hydrogen-bond acceptors (Lipinski definition) is 4. The number of nitrogens with one attached hydrogen (secondary N) is 1. The van der Waals surface area contributed by atoms with Crippen molar-refractivity contribution in [1.29, 1.82) is 0 Å². The first-order valence-corrected chi connectivity index (χ1v) is 14.0. The summed E-state index contributed by atoms with van der Waals surface area (Å²) < 4.78 is 3.48. The fraction of sp³-hybridized carbons (Fsp3) is 0.593. The molecule has 0 radical (unpaired) electrons. The van der Waals surface area contributed by atoms with E-state index in [0.29, 0.717) is 11.2 Å². The Hall–Kier alpha value is -2.28. The second-order valence-corrected chi connectivity index (χ2v) is 10.2. The molecule has 7 heteroatoms. The third kappa shape index (κ3) is 7.62. The molecular formula is C27H40N4O2S. The minimum absolute atomic E-state index is 0.339. The van der Waals surface area contributed by atoms with E-state index >= 15 is 0 Å². The largest absolute Gasteiger partial charge is 0.329 e. The van der Waals surface area contributed by atoms with Crippen LogP contribution in [0, 0.1) is 0 Å². The number of H-pyrrole nitrogens is 1. The molecule has 0 saturated heterocycles. The Morgan fingerprint density at radius 1 is 0.882 bits per heavy atom. The summed E-state index contributed by atoms with van der Waals surface area (Å²) in [7, 11) is 1.67. The van der Waals surface area contributed by atoms with Crippen molar-refractivity contribution in [3.63, 3.8) is 0 Å². The van der Waals surface area contributed by atoms with Gasteiger partial charge in [-0.05, 0) is 24.8 Å². The van der Waals surface area contributed by atoms with Crippen LogP contribution in [0.2, 0.25) is 0 Å². The van der Waals surface area contributed by atoms with Gasteiger partial charge in [0.2, 0.25) is 0 Å². The molecule has 0 unspecified atom stereocenters. The first-order valence-electron chi connectivity index (χ1n) is 13.0. The summed E-state index contributed by atoms with van der Waals surface area (Å²) in [5.41, 5.74) is 1.58. The molecular weight excluding hydrogens is 444 g/mol. The van der Waals surface area contributed by atoms with E-state index in [1.165, 1.54) is 61.5 Å². The standard InChI is InChI=1S/C27H40N4O2S/c1-3-4-5-6-7-8-9-10-11-15-20-31-23-24(30(2)26(33)29-25(23)32)28-27(31)34-21-16-19-22-17-13-12-14-18-22/h12-14,17-18H,3-11,15-16,19-21H2,1-2H3,(H,29,32,33). The number of rotatable bonds is 16. The van der Waals surface area contributed by atoms with Crippen LogP contribution < -0.4 is 11.2 Å². The van der Waals surface area contributed by atoms with Gasteiger partial charge < -0.3 is 4.57 Å². The van der Waals surface area contributed by atoms with Gasteiger partial charge in [-0.15, -0.1) is 0 Å². The molecule has 2 aromatic heterocycles. The molecule has 0 bridgehead atoms. The molecule has 34 heavy (non-hydrogen) atoms. The van der Waals surface area contributed by atoms with Crippen LogP contribution in [0.4, 0.5) is 0 Å². The third-order valence-corrected chi connectivity index (χ3v) is 7.45. The first kappa shape index (κ1) is 26.3. The van der Waals surface area contributed by atoms with E-state index in [-0.39, 0.29) is 5.56 Å². The zero-order valence-electron chi connectivity index (χ0n) is 20.9. The molecule has 186 valence electrons. The average molecular weight is 485 g/mol. The van der Waals surface area contributed by atoms with E-state index in [0.717, 1.165) is 43.1 Å². The van der Waals surface area contributed by atoms with Gasteiger partial charge in [-0.2, -0.15) is 0 Å². The van der Waals surface area contributed by atoms with Crippen LogP contribution >= 0.6 is 11.8 Å². The lowest BCUT2D eigenvalue weighted by Gasteiger charge is -2.09. The molecule has 0 aliphatic heterocycles. The predicted octanol–water partition coefficient (Wildman–Crippen LogP) is 6.07. The van der Waals surface area contributed by atoms with Crippen LogP contribution in [-0.2, 0) is 20.0 Å². The van der Waals surface area contributed by atoms with Crippen molar-refractivity contribution >= 4 is 22.9 Å². The number of hydrogen-bond donors (Lipinski definition) is 1. The van der Waals surface area contributed by atoms with Gasteiger partial charge >= 0.3 is 5.69 Å². The highest BCUT2D eigenvalue weighted by Crippen LogP contribution is 2.24. The number of thioether (sulfide) groups is 1. The highest BCUT2D eigenvalue weighted by molar-refractivity contribution is 7.99. The van der Waals surface area contributed by atoms with Gasteiger partial charge in [0.05, 0.1) is 0 Å². The van der Waals surface area contributed by atoms with Crippen LogP contribution in [0.25, 0.3) is 11.2 Å². The van der Waals surface area contributed by atoms with Gasteiger partial charge in [-0.3, -0.25) is 14.3 Å². The smallest absolute Gasteiger partial charge is 0.313 e. The van der Waals surface area contributed by atoms with Crippen LogP contribution in [0.1, 0.15) is 83.1 Å². The van der Waals surface area contributed by atoms with E-state index < -0.39 is 5.69 Å². The zero-order valence-corrected chi connectivity index (χ0v) is 21.7. The summed E-state index contributed by atoms with van der Waals surface area (Å²) in [6, 6.07) is 10.5. The maximum Gasteiger partial charge on any atom is 0.329 e. The van der Waals surface area contributed by atoms with Gasteiger partial charge in [0.1, 0.15) is 0 Å². The molecule has 0 spiro atoms. The molecule has 6 nitrogen and oxygen atoms in total. The molecule has 1 N–H and O–H groups in total. The fourth-order valence-corrected chi connectivity index (χ4v) is 5.33. The van der Waals surface area contributed by atoms with E-state index in [9.17, 15) is 9.59 Å². The minimum Gasteiger partial charge on any atom is -0.313 e. The normalized spacial score (nSPS) is 11.5. The van der Waals surface area contributed by atoms with Crippen molar-refractivity contribution in [3.05, 3.63) is 56.7 Å². The number of nitrogens with zero attached hydrogens (tertiary/aromatic N) is 3. The molecule has 0 saturated carbocycles. The fourth-order valence-electron chi connectivity index (χ4n) is 4.37. The quantitative estimate of drug-likeness (QED) is 0.198. The maximum absolute atomic E-state index is 12.6. The lowest BCUT2D eigenvalue weighted by Crippen LogP contribution is -2.29. The van der Waals surface area contributed by atoms with E-state index in [1.807, 2.05) is 10.6 Å². The summed E-state index contributed by atoms with van der Waals surface area (Å²) in [5, 5.41) is 0.839. The Kier molecular flexibility index (Phi) is 11.0. The monoisotopic (exact) mass is 484 g/mol. The Morgan fingerprint density at radius 2 is 1.53 bits per heavy atom. The Bertz CT molecular complexity index is 1120. The summed E-state index contributed by atoms with van der Waals surface area (Å²) in [6.07, 6.45) is 14.8. The summed E-state index contributed by atoms with van der Waals surface area (Å²) >= 11 is 1.68. The van der Waals surface area contributed by atoms with Crippen molar-refractivity contribution < 1.29 is 0 Å². The predicted molar refractivity (Wildman–Crippen MR) is 143 cm³/mol. The summed E-state index contributed by atoms with van der Waals surface area (Å²) in [4.78, 5) is 31.9. The van der Waals surface area contributed by atoms with E-state index in [4.69, 9.17) is 4.98 Å². The average Bonchev–Trinajstić information content (AvgIpc) is 3.21. The Labute approximate surface area is 207 Å². The zero-order chi connectivity index (χ0) is 24.2. The molecule has 0 aliphatic rings. The van der Waals surface area contributed by atoms with E-state index in [2.05, 4.69) is 36.2 Å². The lowest BCUT2D eigenvalue weighted by atomic mass is 10.1. The number of fused-ring (bicyclic) bond motifs is 1. The highest BCUT2D eigenvalue weighted by Gasteiger charge is 2.17. The van der Waals surface area contributed by atoms with Crippen molar-refractivity contribution in [3.8, 4) is 0 Å². The van der Waals surface area contributed by atoms with Crippen LogP contribution in [0.3, 0.4) is 0 Å². The van der Waals surface area contributed by atoms with Crippen molar-refractivity contribution in [2.24, 2.45) is 7.05 Å². The molecule has 1 aromatic carbocycles. The molecule has 3 rings (SSSR count). The molecule has 3 aromatic rings. The SMILES string of the molecule is CCCCCCCCCCCCn1c(SCCCc2ccccc2)nc2c1c(=O)[nH]c(=O)n2C. The summed E-state index contributed by atoms with van der Waals surface area (Å²) in [5.74, 6) is 0.919. The molecule has 0 aliphatic carbocycles. The van der Waals surface area contributed by atoms with Crippen LogP contribution in [0.5, 0.6) is 0 Å². The molecule has 0 amide bonds. The number of imidazole rings is 1. The maximum atomic E-state index is 12.6. The first-order chi connectivity index (χ1) is 16.6. The van der Waals surface area contributed by atoms with Crippen molar-refractivity contribution in [2.75, 3.05) is 5.75 Å². The Balaban J connectivity index is 1.56. The van der Waals surface area contributed by atoms with Gasteiger partial charge in [-0.25, -0.2) is 9.78 Å². The highest BCUT2D eigenvalue weighted by atomic mass is 32.2. The van der Waals surface area contributed by atoms with Crippen molar-refractivity contribution in [2.45, 2.75) is 95.7 Å². The molecule has 0 atom stereocenters. The second-order valence-electron chi connectivity index (χ2n) is 9.16. The van der Waals surface area contributed by atoms with Gasteiger partial charge in [0.25, 0.3) is 5.56 Å². The third-order valence-electron chi connectivity index (χ3n) is 6.39. The van der Waals surface area contributed by atoms with Crippen molar-refractivity contribution in [1.82, 2.24) is 19.1 Å². The Morgan fingerprint density at radius 3 is 2.21 bits per heavy atom. The number of aromatic amines is 1. The minimum atomic E-state index is -0.415. The van der Waals surface area contributed by atoms with Crippen LogP contribution in [-0.4, -0.2) is 24.9 Å². The number of unbranched alkanes of at least 4 members (excludes halogenated alkanes) is 9. The molecule has 0 fully saturated rings. The van der Waals surface area contributed by atoms with Gasteiger partial charge in [0, 0.05) is 19.3 Å². The molecule has 2 heterocycles. The van der Waals surface area contributed by atoms with Crippen LogP contribution in [0.15, 0.2) is 45.1 Å².